The average Bonchev–Trinajstić information content (AvgIpc) is 2.63. The molecular weight excluding hydrogens is 391 g/mol. The summed E-state index contributed by atoms with van der Waals surface area (Å²) in [5.41, 5.74) is 7.62. The Labute approximate surface area is 174 Å². The summed E-state index contributed by atoms with van der Waals surface area (Å²) in [6, 6.07) is 1.83. The number of nitrogens with two attached hydrogens (primary N) is 1. The van der Waals surface area contributed by atoms with Crippen LogP contribution in [0.15, 0.2) is 18.3 Å². The first-order chi connectivity index (χ1) is 14.0. The fourth-order valence-electron chi connectivity index (χ4n) is 3.03. The number of aryl methyl sites for hydroxylation is 2. The van der Waals surface area contributed by atoms with Crippen LogP contribution in [0.25, 0.3) is 0 Å². The Morgan fingerprint density at radius 2 is 1.83 bits per heavy atom. The van der Waals surface area contributed by atoms with Gasteiger partial charge in [-0.05, 0) is 44.4 Å². The number of hydrogen-bond donors (Lipinski definition) is 5. The maximum atomic E-state index is 14.7. The van der Waals surface area contributed by atoms with Crippen molar-refractivity contribution >= 4 is 29.3 Å². The van der Waals surface area contributed by atoms with Crippen molar-refractivity contribution in [2.75, 3.05) is 10.6 Å². The zero-order valence-electron chi connectivity index (χ0n) is 17.6. The van der Waals surface area contributed by atoms with Crippen LogP contribution in [0.2, 0.25) is 0 Å². The Hall–Kier alpha value is -3.43. The van der Waals surface area contributed by atoms with E-state index in [1.165, 1.54) is 0 Å². The second kappa shape index (κ2) is 9.38. The molecule has 2 heterocycles. The van der Waals surface area contributed by atoms with Gasteiger partial charge in [0.25, 0.3) is 5.91 Å². The van der Waals surface area contributed by atoms with Crippen molar-refractivity contribution in [3.8, 4) is 0 Å². The van der Waals surface area contributed by atoms with Crippen LogP contribution < -0.4 is 21.7 Å². The zero-order valence-corrected chi connectivity index (χ0v) is 17.6. The number of carbonyl (C=O) groups is 2. The lowest BCUT2D eigenvalue weighted by molar-refractivity contribution is 0.1000. The molecule has 30 heavy (non-hydrogen) atoms. The number of carboxylic acid groups (broad SMARTS) is 1. The molecule has 2 amide bonds. The number of nitrogens with zero attached hydrogens (tertiary/aromatic N) is 2. The number of amides is 2. The van der Waals surface area contributed by atoms with Crippen molar-refractivity contribution < 1.29 is 19.1 Å². The van der Waals surface area contributed by atoms with Gasteiger partial charge in [0, 0.05) is 17.8 Å². The molecule has 0 aliphatic carbocycles. The van der Waals surface area contributed by atoms with Gasteiger partial charge >= 0.3 is 6.09 Å². The van der Waals surface area contributed by atoms with Crippen LogP contribution >= 0.6 is 0 Å². The normalized spacial score (nSPS) is 12.9. The van der Waals surface area contributed by atoms with Crippen LogP contribution in [-0.4, -0.2) is 39.2 Å². The van der Waals surface area contributed by atoms with Crippen LogP contribution in [0, 0.1) is 25.6 Å². The second-order valence-corrected chi connectivity index (χ2v) is 7.48. The lowest BCUT2D eigenvalue weighted by atomic mass is 9.97. The minimum atomic E-state index is -1.18. The van der Waals surface area contributed by atoms with E-state index in [0.29, 0.717) is 5.69 Å². The molecule has 2 atom stereocenters. The summed E-state index contributed by atoms with van der Waals surface area (Å²) in [5, 5.41) is 17.3. The molecule has 0 spiro atoms. The minimum Gasteiger partial charge on any atom is -0.465 e. The average molecular weight is 418 g/mol. The molecule has 9 nitrogen and oxygen atoms in total. The summed E-state index contributed by atoms with van der Waals surface area (Å²) in [7, 11) is 0. The standard InChI is InChI=1S/C20H27FN6O3/c1-9(2)16(12(5)24-20(29)30)26-19-15(21)7-14(17(22)28)18(27-19)25-13-6-10(3)11(4)23-8-13/h6-9,12,16,24H,1-5H3,(H2,22,28)(H,29,30)(H2,25,26,27)/t12-,16+/m0/s1. The highest BCUT2D eigenvalue weighted by atomic mass is 19.1. The second-order valence-electron chi connectivity index (χ2n) is 7.48. The Balaban J connectivity index is 2.42. The molecule has 0 fully saturated rings. The number of carbonyl (C=O) groups excluding carboxylic acids is 1. The third kappa shape index (κ3) is 5.56. The monoisotopic (exact) mass is 418 g/mol. The van der Waals surface area contributed by atoms with E-state index in [1.54, 1.807) is 13.1 Å². The SMILES string of the molecule is Cc1cc(Nc2nc(N[C@H](C(C)C)[C@H](C)NC(=O)O)c(F)cc2C(N)=O)cnc1C. The predicted molar refractivity (Wildman–Crippen MR) is 113 cm³/mol. The maximum Gasteiger partial charge on any atom is 0.404 e. The lowest BCUT2D eigenvalue weighted by Gasteiger charge is -2.29. The van der Waals surface area contributed by atoms with E-state index in [9.17, 15) is 14.0 Å². The van der Waals surface area contributed by atoms with Gasteiger partial charge in [-0.1, -0.05) is 13.8 Å². The number of halogens is 1. The fraction of sp³-hybridized carbons (Fsp3) is 0.400. The number of rotatable bonds is 8. The molecule has 10 heteroatoms. The summed E-state index contributed by atoms with van der Waals surface area (Å²) < 4.78 is 14.7. The maximum absolute atomic E-state index is 14.7. The molecule has 0 saturated carbocycles. The van der Waals surface area contributed by atoms with Gasteiger partial charge in [-0.2, -0.15) is 0 Å². The summed E-state index contributed by atoms with van der Waals surface area (Å²) >= 11 is 0. The van der Waals surface area contributed by atoms with Gasteiger partial charge in [-0.3, -0.25) is 9.78 Å². The Kier molecular flexibility index (Phi) is 7.14. The van der Waals surface area contributed by atoms with E-state index >= 15 is 0 Å². The van der Waals surface area contributed by atoms with E-state index < -0.39 is 29.9 Å². The van der Waals surface area contributed by atoms with Crippen LogP contribution in [-0.2, 0) is 0 Å². The highest BCUT2D eigenvalue weighted by Crippen LogP contribution is 2.26. The number of pyridine rings is 2. The molecule has 0 saturated heterocycles. The molecule has 0 aliphatic heterocycles. The highest BCUT2D eigenvalue weighted by molar-refractivity contribution is 5.98. The molecule has 2 aromatic heterocycles. The van der Waals surface area contributed by atoms with Gasteiger partial charge in [0.2, 0.25) is 0 Å². The summed E-state index contributed by atoms with van der Waals surface area (Å²) in [4.78, 5) is 31.3. The zero-order chi connectivity index (χ0) is 22.6. The Bertz CT molecular complexity index is 950. The molecule has 0 aromatic carbocycles. The van der Waals surface area contributed by atoms with E-state index in [1.807, 2.05) is 33.8 Å². The number of hydrogen-bond acceptors (Lipinski definition) is 6. The molecular formula is C20H27FN6O3. The van der Waals surface area contributed by atoms with Gasteiger partial charge in [0.05, 0.1) is 17.4 Å². The Morgan fingerprint density at radius 3 is 2.37 bits per heavy atom. The number of primary amides is 1. The van der Waals surface area contributed by atoms with Gasteiger partial charge in [0.1, 0.15) is 5.82 Å². The van der Waals surface area contributed by atoms with Crippen LogP contribution in [0.4, 0.5) is 26.5 Å². The topological polar surface area (TPSA) is 142 Å². The van der Waals surface area contributed by atoms with Crippen LogP contribution in [0.5, 0.6) is 0 Å². The van der Waals surface area contributed by atoms with E-state index in [0.717, 1.165) is 17.3 Å². The van der Waals surface area contributed by atoms with E-state index in [-0.39, 0.29) is 23.1 Å². The third-order valence-corrected chi connectivity index (χ3v) is 4.76. The third-order valence-electron chi connectivity index (χ3n) is 4.76. The van der Waals surface area contributed by atoms with Crippen molar-refractivity contribution in [3.63, 3.8) is 0 Å². The first-order valence-corrected chi connectivity index (χ1v) is 9.46. The molecule has 6 N–H and O–H groups in total. The van der Waals surface area contributed by atoms with Crippen molar-refractivity contribution in [1.82, 2.24) is 15.3 Å². The van der Waals surface area contributed by atoms with Gasteiger partial charge in [-0.15, -0.1) is 0 Å². The largest absolute Gasteiger partial charge is 0.465 e. The fourth-order valence-corrected chi connectivity index (χ4v) is 3.03. The first kappa shape index (κ1) is 22.9. The molecule has 0 unspecified atom stereocenters. The molecule has 0 bridgehead atoms. The minimum absolute atomic E-state index is 0.0516. The van der Waals surface area contributed by atoms with Crippen molar-refractivity contribution in [2.45, 2.75) is 46.7 Å². The number of nitrogens with one attached hydrogen (secondary N) is 3. The number of anilines is 3. The smallest absolute Gasteiger partial charge is 0.404 e. The lowest BCUT2D eigenvalue weighted by Crippen LogP contribution is -2.47. The van der Waals surface area contributed by atoms with Gasteiger partial charge in [0.15, 0.2) is 11.6 Å². The molecule has 2 aromatic rings. The van der Waals surface area contributed by atoms with Crippen LogP contribution in [0.3, 0.4) is 0 Å². The summed E-state index contributed by atoms with van der Waals surface area (Å²) in [6.45, 7) is 9.16. The molecule has 0 radical (unpaired) electrons. The summed E-state index contributed by atoms with van der Waals surface area (Å²) in [6.07, 6.45) is 0.387. The van der Waals surface area contributed by atoms with Crippen LogP contribution in [0.1, 0.15) is 42.4 Å². The van der Waals surface area contributed by atoms with Crippen molar-refractivity contribution in [2.24, 2.45) is 11.7 Å². The predicted octanol–water partition coefficient (Wildman–Crippen LogP) is 3.17. The first-order valence-electron chi connectivity index (χ1n) is 9.46. The number of aromatic nitrogens is 2. The van der Waals surface area contributed by atoms with Crippen molar-refractivity contribution in [1.29, 1.82) is 0 Å². The molecule has 0 aliphatic rings. The molecule has 162 valence electrons. The van der Waals surface area contributed by atoms with Gasteiger partial charge in [-0.25, -0.2) is 14.2 Å². The Morgan fingerprint density at radius 1 is 1.17 bits per heavy atom. The molecule has 2 rings (SSSR count). The quantitative estimate of drug-likeness (QED) is 0.443. The van der Waals surface area contributed by atoms with E-state index in [2.05, 4.69) is 25.9 Å². The van der Waals surface area contributed by atoms with Gasteiger partial charge < -0.3 is 26.8 Å². The highest BCUT2D eigenvalue weighted by Gasteiger charge is 2.25. The summed E-state index contributed by atoms with van der Waals surface area (Å²) in [5.74, 6) is -1.73. The van der Waals surface area contributed by atoms with E-state index in [4.69, 9.17) is 10.8 Å². The van der Waals surface area contributed by atoms with Crippen molar-refractivity contribution in [3.05, 3.63) is 41.0 Å².